The van der Waals surface area contributed by atoms with E-state index in [9.17, 15) is 9.59 Å². The van der Waals surface area contributed by atoms with E-state index >= 15 is 0 Å². The van der Waals surface area contributed by atoms with Crippen LogP contribution in [0.25, 0.3) is 0 Å². The third kappa shape index (κ3) is 3.34. The molecule has 2 N–H and O–H groups in total. The number of pyridine rings is 1. The maximum Gasteiger partial charge on any atom is 0.251 e. The minimum absolute atomic E-state index is 0.0376. The average molecular weight is 237 g/mol. The van der Waals surface area contributed by atoms with Gasteiger partial charge in [0.15, 0.2) is 0 Å². The van der Waals surface area contributed by atoms with Crippen molar-refractivity contribution in [3.63, 3.8) is 0 Å². The van der Waals surface area contributed by atoms with E-state index < -0.39 is 0 Å². The third-order valence-electron chi connectivity index (χ3n) is 2.60. The molecule has 1 aromatic heterocycles. The zero-order chi connectivity index (χ0) is 13.0. The molecule has 1 rings (SSSR count). The molecule has 1 aromatic rings. The minimum Gasteiger partial charge on any atom is -0.398 e. The van der Waals surface area contributed by atoms with Crippen LogP contribution in [-0.4, -0.2) is 28.0 Å². The van der Waals surface area contributed by atoms with Gasteiger partial charge in [-0.05, 0) is 26.8 Å². The van der Waals surface area contributed by atoms with Gasteiger partial charge in [0, 0.05) is 30.5 Å². The Morgan fingerprint density at radius 3 is 2.65 bits per heavy atom. The molecule has 1 heterocycles. The zero-order valence-electron chi connectivity index (χ0n) is 10.5. The van der Waals surface area contributed by atoms with E-state index in [0.29, 0.717) is 12.2 Å². The first-order chi connectivity index (χ1) is 7.95. The van der Waals surface area contributed by atoms with E-state index in [1.54, 1.807) is 4.90 Å². The van der Waals surface area contributed by atoms with Crippen LogP contribution in [0.3, 0.4) is 0 Å². The van der Waals surface area contributed by atoms with Gasteiger partial charge in [0.05, 0.1) is 0 Å². The van der Waals surface area contributed by atoms with Crippen molar-refractivity contribution in [3.05, 3.63) is 28.7 Å². The number of nitrogens with two attached hydrogens (primary N) is 1. The Bertz CT molecular complexity index is 451. The molecule has 0 radical (unpaired) electrons. The largest absolute Gasteiger partial charge is 0.398 e. The van der Waals surface area contributed by atoms with E-state index in [-0.39, 0.29) is 24.1 Å². The number of hydrogen-bond acceptors (Lipinski definition) is 3. The van der Waals surface area contributed by atoms with Crippen LogP contribution in [0.4, 0.5) is 5.69 Å². The number of hydrogen-bond donors (Lipinski definition) is 1. The Morgan fingerprint density at radius 2 is 2.12 bits per heavy atom. The van der Waals surface area contributed by atoms with Crippen molar-refractivity contribution in [2.45, 2.75) is 33.4 Å². The van der Waals surface area contributed by atoms with Gasteiger partial charge in [-0.15, -0.1) is 0 Å². The van der Waals surface area contributed by atoms with Crippen LogP contribution >= 0.6 is 0 Å². The summed E-state index contributed by atoms with van der Waals surface area (Å²) in [5.41, 5.74) is 5.85. The molecular formula is C12H19N3O2. The molecule has 0 aromatic carbocycles. The van der Waals surface area contributed by atoms with Crippen LogP contribution in [-0.2, 0) is 11.3 Å². The zero-order valence-corrected chi connectivity index (χ0v) is 10.5. The van der Waals surface area contributed by atoms with Crippen LogP contribution < -0.4 is 11.3 Å². The maximum atomic E-state index is 12.0. The highest BCUT2D eigenvalue weighted by molar-refractivity contribution is 5.76. The van der Waals surface area contributed by atoms with Gasteiger partial charge in [0.2, 0.25) is 5.91 Å². The van der Waals surface area contributed by atoms with E-state index in [1.807, 2.05) is 20.8 Å². The number of amides is 1. The molecule has 0 aliphatic carbocycles. The number of carbonyl (C=O) groups excluding carboxylic acids is 1. The summed E-state index contributed by atoms with van der Waals surface area (Å²) in [6, 6.07) is 3.03. The molecule has 0 unspecified atom stereocenters. The van der Waals surface area contributed by atoms with Crippen LogP contribution in [0.5, 0.6) is 0 Å². The van der Waals surface area contributed by atoms with E-state index in [4.69, 9.17) is 5.73 Å². The normalized spacial score (nSPS) is 10.6. The number of likely N-dealkylation sites (N-methyl/N-ethyl adjacent to an activating group) is 1. The van der Waals surface area contributed by atoms with Gasteiger partial charge in [0.25, 0.3) is 5.56 Å². The fourth-order valence-corrected chi connectivity index (χ4v) is 1.74. The molecule has 0 atom stereocenters. The molecule has 0 aliphatic heterocycles. The highest BCUT2D eigenvalue weighted by atomic mass is 16.2. The standard InChI is InChI=1S/C12H19N3O2/c1-4-15(9(2)3)12(17)8-14-7-10(13)5-6-11(14)16/h5-7,9H,4,8,13H2,1-3H3. The van der Waals surface area contributed by atoms with Crippen molar-refractivity contribution in [2.24, 2.45) is 0 Å². The van der Waals surface area contributed by atoms with Gasteiger partial charge >= 0.3 is 0 Å². The summed E-state index contributed by atoms with van der Waals surface area (Å²) in [6.45, 7) is 6.48. The van der Waals surface area contributed by atoms with Gasteiger partial charge in [-0.2, -0.15) is 0 Å². The van der Waals surface area contributed by atoms with Crippen molar-refractivity contribution in [2.75, 3.05) is 12.3 Å². The third-order valence-corrected chi connectivity index (χ3v) is 2.60. The SMILES string of the molecule is CCN(C(=O)Cn1cc(N)ccc1=O)C(C)C. The van der Waals surface area contributed by atoms with Crippen LogP contribution in [0.15, 0.2) is 23.1 Å². The highest BCUT2D eigenvalue weighted by Crippen LogP contribution is 2.01. The van der Waals surface area contributed by atoms with Crippen molar-refractivity contribution in [1.29, 1.82) is 0 Å². The molecule has 0 aliphatic rings. The fraction of sp³-hybridized carbons (Fsp3) is 0.500. The number of nitrogens with zero attached hydrogens (tertiary/aromatic N) is 2. The minimum atomic E-state index is -0.215. The summed E-state index contributed by atoms with van der Waals surface area (Å²) in [6.07, 6.45) is 1.49. The molecule has 94 valence electrons. The Kier molecular flexibility index (Phi) is 4.31. The summed E-state index contributed by atoms with van der Waals surface area (Å²) >= 11 is 0. The van der Waals surface area contributed by atoms with Crippen molar-refractivity contribution < 1.29 is 4.79 Å². The number of aromatic nitrogens is 1. The summed E-state index contributed by atoms with van der Waals surface area (Å²) in [5, 5.41) is 0. The Labute approximate surface area is 101 Å². The van der Waals surface area contributed by atoms with Crippen molar-refractivity contribution in [1.82, 2.24) is 9.47 Å². The van der Waals surface area contributed by atoms with Gasteiger partial charge < -0.3 is 15.2 Å². The Balaban J connectivity index is 2.87. The first-order valence-electron chi connectivity index (χ1n) is 5.71. The summed E-state index contributed by atoms with van der Waals surface area (Å²) < 4.78 is 1.34. The van der Waals surface area contributed by atoms with Crippen molar-refractivity contribution >= 4 is 11.6 Å². The quantitative estimate of drug-likeness (QED) is 0.837. The predicted octanol–water partition coefficient (Wildman–Crippen LogP) is 0.687. The molecule has 0 saturated carbocycles. The predicted molar refractivity (Wildman–Crippen MR) is 67.6 cm³/mol. The van der Waals surface area contributed by atoms with Crippen LogP contribution in [0.1, 0.15) is 20.8 Å². The molecule has 0 fully saturated rings. The maximum absolute atomic E-state index is 12.0. The molecule has 0 spiro atoms. The first-order valence-corrected chi connectivity index (χ1v) is 5.71. The van der Waals surface area contributed by atoms with Crippen LogP contribution in [0, 0.1) is 0 Å². The average Bonchev–Trinajstić information content (AvgIpc) is 2.24. The monoisotopic (exact) mass is 237 g/mol. The molecule has 0 bridgehead atoms. The second-order valence-corrected chi connectivity index (χ2v) is 4.20. The number of nitrogen functional groups attached to an aromatic ring is 1. The highest BCUT2D eigenvalue weighted by Gasteiger charge is 2.15. The molecular weight excluding hydrogens is 218 g/mol. The van der Waals surface area contributed by atoms with Gasteiger partial charge in [-0.3, -0.25) is 9.59 Å². The Morgan fingerprint density at radius 1 is 1.47 bits per heavy atom. The van der Waals surface area contributed by atoms with Gasteiger partial charge in [0.1, 0.15) is 6.54 Å². The van der Waals surface area contributed by atoms with E-state index in [1.165, 1.54) is 22.9 Å². The number of carbonyl (C=O) groups is 1. The molecule has 0 saturated heterocycles. The molecule has 5 nitrogen and oxygen atoms in total. The smallest absolute Gasteiger partial charge is 0.251 e. The molecule has 17 heavy (non-hydrogen) atoms. The van der Waals surface area contributed by atoms with E-state index in [0.717, 1.165) is 0 Å². The molecule has 5 heteroatoms. The lowest BCUT2D eigenvalue weighted by molar-refractivity contribution is -0.133. The second-order valence-electron chi connectivity index (χ2n) is 4.20. The van der Waals surface area contributed by atoms with Crippen LogP contribution in [0.2, 0.25) is 0 Å². The lowest BCUT2D eigenvalue weighted by Crippen LogP contribution is -2.40. The molecule has 1 amide bonds. The lowest BCUT2D eigenvalue weighted by Gasteiger charge is -2.25. The van der Waals surface area contributed by atoms with Crippen molar-refractivity contribution in [3.8, 4) is 0 Å². The van der Waals surface area contributed by atoms with Gasteiger partial charge in [-0.25, -0.2) is 0 Å². The fourth-order valence-electron chi connectivity index (χ4n) is 1.74. The topological polar surface area (TPSA) is 68.3 Å². The first kappa shape index (κ1) is 13.3. The second kappa shape index (κ2) is 5.52. The number of anilines is 1. The Hall–Kier alpha value is -1.78. The van der Waals surface area contributed by atoms with E-state index in [2.05, 4.69) is 0 Å². The summed E-state index contributed by atoms with van der Waals surface area (Å²) in [5.74, 6) is -0.0739. The van der Waals surface area contributed by atoms with Gasteiger partial charge in [-0.1, -0.05) is 0 Å². The summed E-state index contributed by atoms with van der Waals surface area (Å²) in [7, 11) is 0. The number of rotatable bonds is 4. The summed E-state index contributed by atoms with van der Waals surface area (Å²) in [4.78, 5) is 25.2. The lowest BCUT2D eigenvalue weighted by atomic mass is 10.3.